The minimum Gasteiger partial charge on any atom is -0.497 e. The van der Waals surface area contributed by atoms with Gasteiger partial charge in [-0.3, -0.25) is 9.59 Å². The minimum absolute atomic E-state index is 0.163. The first-order valence-corrected chi connectivity index (χ1v) is 8.73. The van der Waals surface area contributed by atoms with Crippen LogP contribution in [0.3, 0.4) is 0 Å². The molecule has 1 N–H and O–H groups in total. The standard InChI is InChI=1S/C19H19Cl2NO4/c1-12(19(24)22-18-15(20)4-3-5-16(18)21)26-17(23)11-8-13-6-9-14(25-2)10-7-13/h3-7,9-10,12H,8,11H2,1-2H3,(H,22,24)/t12-/m0/s1. The molecule has 0 radical (unpaired) electrons. The summed E-state index contributed by atoms with van der Waals surface area (Å²) in [4.78, 5) is 24.1. The van der Waals surface area contributed by atoms with E-state index in [1.807, 2.05) is 24.3 Å². The number of rotatable bonds is 7. The fourth-order valence-electron chi connectivity index (χ4n) is 2.19. The summed E-state index contributed by atoms with van der Waals surface area (Å²) in [6.07, 6.45) is -0.296. The first-order valence-electron chi connectivity index (χ1n) is 7.98. The average Bonchev–Trinajstić information content (AvgIpc) is 2.63. The molecule has 26 heavy (non-hydrogen) atoms. The summed E-state index contributed by atoms with van der Waals surface area (Å²) in [5.74, 6) is -0.216. The van der Waals surface area contributed by atoms with Gasteiger partial charge in [0.05, 0.1) is 22.8 Å². The maximum Gasteiger partial charge on any atom is 0.306 e. The number of carbonyl (C=O) groups excluding carboxylic acids is 2. The minimum atomic E-state index is -0.967. The van der Waals surface area contributed by atoms with Gasteiger partial charge in [-0.15, -0.1) is 0 Å². The van der Waals surface area contributed by atoms with E-state index in [-0.39, 0.29) is 6.42 Å². The first kappa shape index (κ1) is 20.1. The number of para-hydroxylation sites is 1. The fraction of sp³-hybridized carbons (Fsp3) is 0.263. The number of hydrogen-bond donors (Lipinski definition) is 1. The first-order chi connectivity index (χ1) is 12.4. The molecule has 138 valence electrons. The topological polar surface area (TPSA) is 64.6 Å². The van der Waals surface area contributed by atoms with Crippen molar-refractivity contribution in [1.82, 2.24) is 0 Å². The van der Waals surface area contributed by atoms with E-state index in [1.165, 1.54) is 6.92 Å². The van der Waals surface area contributed by atoms with Gasteiger partial charge in [0.2, 0.25) is 0 Å². The highest BCUT2D eigenvalue weighted by atomic mass is 35.5. The van der Waals surface area contributed by atoms with E-state index in [4.69, 9.17) is 32.7 Å². The highest BCUT2D eigenvalue weighted by Crippen LogP contribution is 2.29. The Morgan fingerprint density at radius 1 is 1.08 bits per heavy atom. The third-order valence-corrected chi connectivity index (χ3v) is 4.30. The molecule has 0 heterocycles. The zero-order valence-corrected chi connectivity index (χ0v) is 15.9. The van der Waals surface area contributed by atoms with Crippen molar-refractivity contribution in [2.24, 2.45) is 0 Å². The highest BCUT2D eigenvalue weighted by Gasteiger charge is 2.19. The third kappa shape index (κ3) is 5.64. The second-order valence-corrected chi connectivity index (χ2v) is 6.38. The molecule has 2 aromatic rings. The average molecular weight is 396 g/mol. The van der Waals surface area contributed by atoms with Crippen LogP contribution < -0.4 is 10.1 Å². The molecular weight excluding hydrogens is 377 g/mol. The van der Waals surface area contributed by atoms with E-state index < -0.39 is 18.0 Å². The van der Waals surface area contributed by atoms with Crippen LogP contribution in [-0.4, -0.2) is 25.1 Å². The lowest BCUT2D eigenvalue weighted by Crippen LogP contribution is -2.30. The Morgan fingerprint density at radius 3 is 2.27 bits per heavy atom. The van der Waals surface area contributed by atoms with Gasteiger partial charge < -0.3 is 14.8 Å². The Kier molecular flexibility index (Phi) is 7.30. The van der Waals surface area contributed by atoms with Gasteiger partial charge in [0, 0.05) is 6.42 Å². The number of methoxy groups -OCH3 is 1. The van der Waals surface area contributed by atoms with Crippen LogP contribution in [0.1, 0.15) is 18.9 Å². The molecule has 0 aliphatic heterocycles. The van der Waals surface area contributed by atoms with Crippen LogP contribution in [0.4, 0.5) is 5.69 Å². The molecule has 1 atom stereocenters. The molecule has 0 spiro atoms. The third-order valence-electron chi connectivity index (χ3n) is 3.67. The van der Waals surface area contributed by atoms with E-state index in [0.717, 1.165) is 11.3 Å². The van der Waals surface area contributed by atoms with Crippen molar-refractivity contribution >= 4 is 40.8 Å². The van der Waals surface area contributed by atoms with Crippen molar-refractivity contribution < 1.29 is 19.1 Å². The SMILES string of the molecule is COc1ccc(CCC(=O)O[C@@H](C)C(=O)Nc2c(Cl)cccc2Cl)cc1. The predicted molar refractivity (Wildman–Crippen MR) is 102 cm³/mol. The van der Waals surface area contributed by atoms with E-state index >= 15 is 0 Å². The number of ether oxygens (including phenoxy) is 2. The van der Waals surface area contributed by atoms with E-state index in [0.29, 0.717) is 22.2 Å². The summed E-state index contributed by atoms with van der Waals surface area (Å²) in [7, 11) is 1.59. The number of amides is 1. The van der Waals surface area contributed by atoms with Gasteiger partial charge >= 0.3 is 5.97 Å². The number of nitrogens with one attached hydrogen (secondary N) is 1. The summed E-state index contributed by atoms with van der Waals surface area (Å²) < 4.78 is 10.3. The second-order valence-electron chi connectivity index (χ2n) is 5.57. The Bertz CT molecular complexity index is 757. The van der Waals surface area contributed by atoms with Gasteiger partial charge in [0.25, 0.3) is 5.91 Å². The van der Waals surface area contributed by atoms with E-state index in [1.54, 1.807) is 25.3 Å². The van der Waals surface area contributed by atoms with Crippen molar-refractivity contribution in [2.75, 3.05) is 12.4 Å². The summed E-state index contributed by atoms with van der Waals surface area (Å²) in [5.41, 5.74) is 1.27. The lowest BCUT2D eigenvalue weighted by molar-refractivity contribution is -0.153. The fourth-order valence-corrected chi connectivity index (χ4v) is 2.68. The quantitative estimate of drug-likeness (QED) is 0.700. The molecule has 0 aliphatic rings. The Hall–Kier alpha value is -2.24. The van der Waals surface area contributed by atoms with Gasteiger partial charge in [0.1, 0.15) is 5.75 Å². The summed E-state index contributed by atoms with van der Waals surface area (Å²) >= 11 is 12.0. The summed E-state index contributed by atoms with van der Waals surface area (Å²) in [5, 5.41) is 3.19. The Balaban J connectivity index is 1.84. The lowest BCUT2D eigenvalue weighted by atomic mass is 10.1. The number of anilines is 1. The maximum atomic E-state index is 12.2. The van der Waals surface area contributed by atoms with E-state index in [9.17, 15) is 9.59 Å². The Labute approximate surface area is 162 Å². The zero-order valence-electron chi connectivity index (χ0n) is 14.4. The molecule has 1 amide bonds. The largest absolute Gasteiger partial charge is 0.497 e. The molecule has 0 unspecified atom stereocenters. The van der Waals surface area contributed by atoms with Crippen LogP contribution in [0.25, 0.3) is 0 Å². The molecule has 0 aromatic heterocycles. The Morgan fingerprint density at radius 2 is 1.69 bits per heavy atom. The van der Waals surface area contributed by atoms with Crippen LogP contribution in [0.2, 0.25) is 10.0 Å². The second kappa shape index (κ2) is 9.46. The monoisotopic (exact) mass is 395 g/mol. The molecule has 0 saturated heterocycles. The number of hydrogen-bond acceptors (Lipinski definition) is 4. The number of esters is 1. The molecule has 7 heteroatoms. The molecular formula is C19H19Cl2NO4. The zero-order chi connectivity index (χ0) is 19.1. The van der Waals surface area contributed by atoms with Crippen molar-refractivity contribution in [2.45, 2.75) is 25.9 Å². The summed E-state index contributed by atoms with van der Waals surface area (Å²) in [6, 6.07) is 12.3. The van der Waals surface area contributed by atoms with Crippen molar-refractivity contribution in [1.29, 1.82) is 0 Å². The smallest absolute Gasteiger partial charge is 0.306 e. The van der Waals surface area contributed by atoms with Gasteiger partial charge in [-0.05, 0) is 43.2 Å². The van der Waals surface area contributed by atoms with Gasteiger partial charge in [-0.2, -0.15) is 0 Å². The molecule has 2 aromatic carbocycles. The highest BCUT2D eigenvalue weighted by molar-refractivity contribution is 6.39. The van der Waals surface area contributed by atoms with Gasteiger partial charge in [0.15, 0.2) is 6.10 Å². The van der Waals surface area contributed by atoms with Crippen LogP contribution >= 0.6 is 23.2 Å². The van der Waals surface area contributed by atoms with Crippen LogP contribution in [0.15, 0.2) is 42.5 Å². The molecule has 0 fully saturated rings. The number of carbonyl (C=O) groups is 2. The molecule has 2 rings (SSSR count). The van der Waals surface area contributed by atoms with Crippen LogP contribution in [0.5, 0.6) is 5.75 Å². The number of aryl methyl sites for hydroxylation is 1. The molecule has 0 saturated carbocycles. The van der Waals surface area contributed by atoms with Crippen molar-refractivity contribution in [3.8, 4) is 5.75 Å². The molecule has 0 aliphatic carbocycles. The molecule has 0 bridgehead atoms. The van der Waals surface area contributed by atoms with Crippen molar-refractivity contribution in [3.05, 3.63) is 58.1 Å². The number of benzene rings is 2. The van der Waals surface area contributed by atoms with Crippen molar-refractivity contribution in [3.63, 3.8) is 0 Å². The molecule has 5 nitrogen and oxygen atoms in total. The van der Waals surface area contributed by atoms with Gasteiger partial charge in [-0.25, -0.2) is 0 Å². The number of halogens is 2. The summed E-state index contributed by atoms with van der Waals surface area (Å²) in [6.45, 7) is 1.49. The van der Waals surface area contributed by atoms with Gasteiger partial charge in [-0.1, -0.05) is 41.4 Å². The van der Waals surface area contributed by atoms with Crippen LogP contribution in [-0.2, 0) is 20.7 Å². The van der Waals surface area contributed by atoms with E-state index in [2.05, 4.69) is 5.32 Å². The maximum absolute atomic E-state index is 12.2. The predicted octanol–water partition coefficient (Wildman–Crippen LogP) is 4.51. The normalized spacial score (nSPS) is 11.5. The van der Waals surface area contributed by atoms with Crippen LogP contribution in [0, 0.1) is 0 Å². The lowest BCUT2D eigenvalue weighted by Gasteiger charge is -2.15.